The molecule has 0 atom stereocenters. The zero-order chi connectivity index (χ0) is 21.1. The maximum absolute atomic E-state index is 12.2. The SMILES string of the molecule is Cc1ccc2nc(COc3ccc(C(=O)NNC(=O)c4ccc(Br)s4)cc3)cn2c1. The number of aromatic nitrogens is 2. The third-order valence-electron chi connectivity index (χ3n) is 4.24. The lowest BCUT2D eigenvalue weighted by Crippen LogP contribution is -2.41. The van der Waals surface area contributed by atoms with Crippen molar-refractivity contribution in [3.05, 3.63) is 86.4 Å². The van der Waals surface area contributed by atoms with E-state index in [9.17, 15) is 9.59 Å². The van der Waals surface area contributed by atoms with Gasteiger partial charge in [0, 0.05) is 18.0 Å². The largest absolute Gasteiger partial charge is 0.487 e. The number of pyridine rings is 1. The number of nitrogens with zero attached hydrogens (tertiary/aromatic N) is 2. The average molecular weight is 485 g/mol. The highest BCUT2D eigenvalue weighted by molar-refractivity contribution is 9.11. The van der Waals surface area contributed by atoms with Crippen molar-refractivity contribution in [3.63, 3.8) is 0 Å². The molecule has 152 valence electrons. The molecule has 0 aliphatic heterocycles. The van der Waals surface area contributed by atoms with E-state index in [0.717, 1.165) is 20.7 Å². The van der Waals surface area contributed by atoms with Crippen LogP contribution >= 0.6 is 27.3 Å². The molecule has 1 aromatic carbocycles. The van der Waals surface area contributed by atoms with E-state index < -0.39 is 5.91 Å². The Labute approximate surface area is 184 Å². The lowest BCUT2D eigenvalue weighted by Gasteiger charge is -2.08. The molecule has 0 saturated heterocycles. The molecule has 30 heavy (non-hydrogen) atoms. The second kappa shape index (κ2) is 8.68. The number of thiophene rings is 1. The van der Waals surface area contributed by atoms with Gasteiger partial charge in [0.25, 0.3) is 11.8 Å². The highest BCUT2D eigenvalue weighted by atomic mass is 79.9. The van der Waals surface area contributed by atoms with E-state index in [1.807, 2.05) is 35.9 Å². The Morgan fingerprint density at radius 2 is 1.80 bits per heavy atom. The van der Waals surface area contributed by atoms with Gasteiger partial charge in [-0.15, -0.1) is 11.3 Å². The first-order chi connectivity index (χ1) is 14.5. The Kier molecular flexibility index (Phi) is 5.82. The van der Waals surface area contributed by atoms with E-state index in [0.29, 0.717) is 22.8 Å². The van der Waals surface area contributed by atoms with Crippen molar-refractivity contribution in [1.29, 1.82) is 0 Å². The Morgan fingerprint density at radius 3 is 2.53 bits per heavy atom. The molecule has 0 bridgehead atoms. The second-order valence-electron chi connectivity index (χ2n) is 6.53. The molecule has 3 aromatic heterocycles. The summed E-state index contributed by atoms with van der Waals surface area (Å²) in [6.07, 6.45) is 3.94. The maximum atomic E-state index is 12.2. The van der Waals surface area contributed by atoms with Gasteiger partial charge in [-0.3, -0.25) is 20.4 Å². The van der Waals surface area contributed by atoms with Gasteiger partial charge in [0.05, 0.1) is 14.4 Å². The number of nitrogens with one attached hydrogen (secondary N) is 2. The number of hydrogen-bond donors (Lipinski definition) is 2. The number of imidazole rings is 1. The number of amides is 2. The fraction of sp³-hybridized carbons (Fsp3) is 0.0952. The molecule has 0 unspecified atom stereocenters. The van der Waals surface area contributed by atoms with Gasteiger partial charge in [0.15, 0.2) is 0 Å². The van der Waals surface area contributed by atoms with E-state index in [1.54, 1.807) is 36.4 Å². The molecule has 3 heterocycles. The molecule has 0 fully saturated rings. The van der Waals surface area contributed by atoms with E-state index in [1.165, 1.54) is 11.3 Å². The van der Waals surface area contributed by atoms with Crippen LogP contribution < -0.4 is 15.6 Å². The zero-order valence-corrected chi connectivity index (χ0v) is 18.3. The molecular weight excluding hydrogens is 468 g/mol. The molecule has 2 amide bonds. The summed E-state index contributed by atoms with van der Waals surface area (Å²) in [5.41, 5.74) is 8.03. The van der Waals surface area contributed by atoms with Crippen LogP contribution in [0.15, 0.2) is 64.7 Å². The predicted molar refractivity (Wildman–Crippen MR) is 118 cm³/mol. The summed E-state index contributed by atoms with van der Waals surface area (Å²) in [6.45, 7) is 2.35. The quantitative estimate of drug-likeness (QED) is 0.417. The minimum absolute atomic E-state index is 0.318. The first kappa shape index (κ1) is 20.1. The fourth-order valence-electron chi connectivity index (χ4n) is 2.77. The standard InChI is InChI=1S/C21H17BrN4O3S/c1-13-2-9-19-23-15(11-26(19)10-13)12-29-16-5-3-14(4-6-16)20(27)24-25-21(28)17-7-8-18(22)30-17/h2-11H,12H2,1H3,(H,24,27)(H,25,28). The average Bonchev–Trinajstić information content (AvgIpc) is 3.36. The van der Waals surface area contributed by atoms with Crippen LogP contribution in [0, 0.1) is 6.92 Å². The molecule has 0 saturated carbocycles. The van der Waals surface area contributed by atoms with Crippen LogP contribution in [0.4, 0.5) is 0 Å². The molecule has 0 spiro atoms. The Balaban J connectivity index is 1.31. The molecule has 4 rings (SSSR count). The highest BCUT2D eigenvalue weighted by Gasteiger charge is 2.11. The van der Waals surface area contributed by atoms with Gasteiger partial charge in [-0.1, -0.05) is 6.07 Å². The van der Waals surface area contributed by atoms with Crippen molar-refractivity contribution in [3.8, 4) is 5.75 Å². The van der Waals surface area contributed by atoms with Gasteiger partial charge in [-0.2, -0.15) is 0 Å². The summed E-state index contributed by atoms with van der Waals surface area (Å²) in [5.74, 6) is -0.171. The topological polar surface area (TPSA) is 84.7 Å². The maximum Gasteiger partial charge on any atom is 0.279 e. The van der Waals surface area contributed by atoms with Gasteiger partial charge in [-0.05, 0) is 70.9 Å². The Bertz CT molecular complexity index is 1220. The van der Waals surface area contributed by atoms with Crippen LogP contribution in [0.1, 0.15) is 31.3 Å². The van der Waals surface area contributed by atoms with Crippen molar-refractivity contribution >= 4 is 44.7 Å². The van der Waals surface area contributed by atoms with E-state index in [2.05, 4.69) is 31.8 Å². The number of benzene rings is 1. The molecular formula is C21H17BrN4O3S. The van der Waals surface area contributed by atoms with E-state index in [-0.39, 0.29) is 5.91 Å². The number of carbonyl (C=O) groups is 2. The molecule has 0 aliphatic carbocycles. The molecule has 4 aromatic rings. The first-order valence-electron chi connectivity index (χ1n) is 9.01. The van der Waals surface area contributed by atoms with Gasteiger partial charge in [0.1, 0.15) is 18.0 Å². The van der Waals surface area contributed by atoms with Crippen LogP contribution in [0.3, 0.4) is 0 Å². The lowest BCUT2D eigenvalue weighted by atomic mass is 10.2. The normalized spacial score (nSPS) is 10.7. The van der Waals surface area contributed by atoms with E-state index >= 15 is 0 Å². The van der Waals surface area contributed by atoms with Crippen molar-refractivity contribution in [2.75, 3.05) is 0 Å². The molecule has 7 nitrogen and oxygen atoms in total. The third-order valence-corrected chi connectivity index (χ3v) is 5.86. The van der Waals surface area contributed by atoms with Crippen molar-refractivity contribution in [1.82, 2.24) is 20.2 Å². The van der Waals surface area contributed by atoms with Crippen molar-refractivity contribution in [2.45, 2.75) is 13.5 Å². The Morgan fingerprint density at radius 1 is 1.03 bits per heavy atom. The number of hydrazine groups is 1. The third kappa shape index (κ3) is 4.69. The smallest absolute Gasteiger partial charge is 0.279 e. The number of ether oxygens (including phenoxy) is 1. The van der Waals surface area contributed by atoms with Crippen LogP contribution in [0.2, 0.25) is 0 Å². The number of carbonyl (C=O) groups excluding carboxylic acids is 2. The summed E-state index contributed by atoms with van der Waals surface area (Å²) in [7, 11) is 0. The zero-order valence-electron chi connectivity index (χ0n) is 15.9. The van der Waals surface area contributed by atoms with Crippen molar-refractivity contribution in [2.24, 2.45) is 0 Å². The number of aryl methyl sites for hydroxylation is 1. The van der Waals surface area contributed by atoms with Crippen LogP contribution in [-0.4, -0.2) is 21.2 Å². The Hall–Kier alpha value is -3.17. The van der Waals surface area contributed by atoms with Gasteiger partial charge < -0.3 is 9.14 Å². The number of hydrogen-bond acceptors (Lipinski definition) is 5. The minimum Gasteiger partial charge on any atom is -0.487 e. The van der Waals surface area contributed by atoms with Gasteiger partial charge in [0.2, 0.25) is 0 Å². The van der Waals surface area contributed by atoms with Crippen LogP contribution in [-0.2, 0) is 6.61 Å². The van der Waals surface area contributed by atoms with Gasteiger partial charge in [-0.25, -0.2) is 4.98 Å². The summed E-state index contributed by atoms with van der Waals surface area (Å²) in [5, 5.41) is 0. The lowest BCUT2D eigenvalue weighted by molar-refractivity contribution is 0.0849. The minimum atomic E-state index is -0.416. The summed E-state index contributed by atoms with van der Waals surface area (Å²) < 4.78 is 8.57. The number of fused-ring (bicyclic) bond motifs is 1. The summed E-state index contributed by atoms with van der Waals surface area (Å²) in [4.78, 5) is 29.2. The molecule has 0 radical (unpaired) electrons. The predicted octanol–water partition coefficient (Wildman–Crippen LogP) is 4.12. The monoisotopic (exact) mass is 484 g/mol. The molecule has 0 aliphatic rings. The number of halogens is 1. The van der Waals surface area contributed by atoms with Crippen LogP contribution in [0.25, 0.3) is 5.65 Å². The first-order valence-corrected chi connectivity index (χ1v) is 10.6. The van der Waals surface area contributed by atoms with E-state index in [4.69, 9.17) is 4.74 Å². The van der Waals surface area contributed by atoms with Crippen molar-refractivity contribution < 1.29 is 14.3 Å². The molecule has 2 N–H and O–H groups in total. The second-order valence-corrected chi connectivity index (χ2v) is 8.99. The van der Waals surface area contributed by atoms with Crippen LogP contribution in [0.5, 0.6) is 5.75 Å². The molecule has 9 heteroatoms. The summed E-state index contributed by atoms with van der Waals surface area (Å²) in [6, 6.07) is 14.1. The fourth-order valence-corrected chi connectivity index (χ4v) is 4.05. The highest BCUT2D eigenvalue weighted by Crippen LogP contribution is 2.21. The number of rotatable bonds is 5. The summed E-state index contributed by atoms with van der Waals surface area (Å²) >= 11 is 4.58. The van der Waals surface area contributed by atoms with Gasteiger partial charge >= 0.3 is 0 Å².